The van der Waals surface area contributed by atoms with Crippen molar-refractivity contribution in [2.45, 2.75) is 45.1 Å². The molecule has 0 atom stereocenters. The third kappa shape index (κ3) is 4.63. The largest absolute Gasteiger partial charge is 0.478 e. The van der Waals surface area contributed by atoms with Gasteiger partial charge in [-0.05, 0) is 31.0 Å². The summed E-state index contributed by atoms with van der Waals surface area (Å²) in [5.74, 6) is -0.0343. The molecule has 104 valence electrons. The van der Waals surface area contributed by atoms with E-state index in [1.165, 1.54) is 44.7 Å². The molecule has 19 heavy (non-hydrogen) atoms. The van der Waals surface area contributed by atoms with Crippen molar-refractivity contribution >= 4 is 5.97 Å². The lowest BCUT2D eigenvalue weighted by atomic mass is 9.87. The van der Waals surface area contributed by atoms with Crippen LogP contribution in [0.1, 0.15) is 54.6 Å². The van der Waals surface area contributed by atoms with Crippen LogP contribution in [-0.4, -0.2) is 22.6 Å². The molecule has 1 aliphatic rings. The molecule has 0 aromatic carbocycles. The van der Waals surface area contributed by atoms with Gasteiger partial charge in [0, 0.05) is 12.7 Å². The van der Waals surface area contributed by atoms with Gasteiger partial charge in [0.2, 0.25) is 0 Å². The van der Waals surface area contributed by atoms with Crippen LogP contribution in [0.4, 0.5) is 0 Å². The van der Waals surface area contributed by atoms with E-state index >= 15 is 0 Å². The van der Waals surface area contributed by atoms with Crippen molar-refractivity contribution in [3.05, 3.63) is 29.6 Å². The predicted octanol–water partition coefficient (Wildman–Crippen LogP) is 2.84. The molecule has 0 unspecified atom stereocenters. The van der Waals surface area contributed by atoms with Gasteiger partial charge in [0.05, 0.1) is 11.3 Å². The third-order valence-corrected chi connectivity index (χ3v) is 3.83. The van der Waals surface area contributed by atoms with E-state index in [9.17, 15) is 4.79 Å². The predicted molar refractivity (Wildman–Crippen MR) is 74.1 cm³/mol. The molecule has 0 bridgehead atoms. The van der Waals surface area contributed by atoms with Gasteiger partial charge in [0.25, 0.3) is 0 Å². The molecule has 0 aliphatic heterocycles. The molecule has 4 nitrogen and oxygen atoms in total. The van der Waals surface area contributed by atoms with Gasteiger partial charge in [-0.1, -0.05) is 32.1 Å². The third-order valence-electron chi connectivity index (χ3n) is 3.83. The second-order valence-electron chi connectivity index (χ2n) is 5.31. The molecule has 1 aromatic heterocycles. The minimum Gasteiger partial charge on any atom is -0.478 e. The van der Waals surface area contributed by atoms with Crippen molar-refractivity contribution in [3.63, 3.8) is 0 Å². The summed E-state index contributed by atoms with van der Waals surface area (Å²) in [4.78, 5) is 14.8. The Morgan fingerprint density at radius 1 is 1.32 bits per heavy atom. The Morgan fingerprint density at radius 2 is 2.11 bits per heavy atom. The number of carbonyl (C=O) groups is 1. The molecule has 4 heteroatoms. The number of hydrogen-bond donors (Lipinski definition) is 2. The van der Waals surface area contributed by atoms with Gasteiger partial charge in [-0.25, -0.2) is 4.79 Å². The number of nitrogens with zero attached hydrogens (tertiary/aromatic N) is 1. The molecule has 1 saturated carbocycles. The Kier molecular flexibility index (Phi) is 5.33. The van der Waals surface area contributed by atoms with Gasteiger partial charge in [0.1, 0.15) is 0 Å². The fourth-order valence-electron chi connectivity index (χ4n) is 2.65. The first kappa shape index (κ1) is 14.0. The van der Waals surface area contributed by atoms with Crippen molar-refractivity contribution in [1.82, 2.24) is 10.3 Å². The molecule has 0 radical (unpaired) electrons. The van der Waals surface area contributed by atoms with E-state index in [0.29, 0.717) is 6.54 Å². The summed E-state index contributed by atoms with van der Waals surface area (Å²) in [6.07, 6.45) is 9.61. The summed E-state index contributed by atoms with van der Waals surface area (Å²) in [7, 11) is 0. The zero-order chi connectivity index (χ0) is 13.5. The Balaban J connectivity index is 1.66. The minimum absolute atomic E-state index is 0.242. The Labute approximate surface area is 114 Å². The number of hydrogen-bond acceptors (Lipinski definition) is 3. The lowest BCUT2D eigenvalue weighted by Crippen LogP contribution is -2.19. The van der Waals surface area contributed by atoms with Crippen molar-refractivity contribution in [1.29, 1.82) is 0 Å². The molecule has 0 saturated heterocycles. The maximum Gasteiger partial charge on any atom is 0.337 e. The summed E-state index contributed by atoms with van der Waals surface area (Å²) in [5.41, 5.74) is 1.14. The number of carboxylic acids is 1. The van der Waals surface area contributed by atoms with E-state index in [0.717, 1.165) is 18.2 Å². The highest BCUT2D eigenvalue weighted by Crippen LogP contribution is 2.25. The topological polar surface area (TPSA) is 62.2 Å². The van der Waals surface area contributed by atoms with Crippen LogP contribution in [-0.2, 0) is 6.54 Å². The highest BCUT2D eigenvalue weighted by atomic mass is 16.4. The van der Waals surface area contributed by atoms with E-state index in [-0.39, 0.29) is 5.56 Å². The molecule has 1 aromatic rings. The molecule has 1 heterocycles. The number of aromatic nitrogens is 1. The maximum atomic E-state index is 10.7. The average molecular weight is 262 g/mol. The second kappa shape index (κ2) is 7.24. The van der Waals surface area contributed by atoms with Crippen LogP contribution in [0.15, 0.2) is 18.3 Å². The fraction of sp³-hybridized carbons (Fsp3) is 0.600. The number of rotatable bonds is 6. The lowest BCUT2D eigenvalue weighted by molar-refractivity contribution is 0.0696. The van der Waals surface area contributed by atoms with Gasteiger partial charge in [-0.3, -0.25) is 4.98 Å². The molecular formula is C15H22N2O2. The first-order chi connectivity index (χ1) is 9.25. The number of pyridine rings is 1. The summed E-state index contributed by atoms with van der Waals surface area (Å²) >= 11 is 0. The van der Waals surface area contributed by atoms with E-state index in [4.69, 9.17) is 5.11 Å². The average Bonchev–Trinajstić information content (AvgIpc) is 2.45. The Bertz CT molecular complexity index is 397. The van der Waals surface area contributed by atoms with Gasteiger partial charge >= 0.3 is 5.97 Å². The summed E-state index contributed by atoms with van der Waals surface area (Å²) in [6.45, 7) is 1.74. The summed E-state index contributed by atoms with van der Waals surface area (Å²) in [5, 5.41) is 12.2. The van der Waals surface area contributed by atoms with Crippen LogP contribution < -0.4 is 5.32 Å². The monoisotopic (exact) mass is 262 g/mol. The van der Waals surface area contributed by atoms with Crippen LogP contribution in [0.25, 0.3) is 0 Å². The van der Waals surface area contributed by atoms with Gasteiger partial charge < -0.3 is 10.4 Å². The normalized spacial score (nSPS) is 16.4. The van der Waals surface area contributed by atoms with E-state index in [2.05, 4.69) is 10.3 Å². The second-order valence-corrected chi connectivity index (χ2v) is 5.31. The van der Waals surface area contributed by atoms with E-state index < -0.39 is 5.97 Å². The molecular weight excluding hydrogens is 240 g/mol. The highest BCUT2D eigenvalue weighted by Gasteiger charge is 2.12. The molecule has 1 fully saturated rings. The quantitative estimate of drug-likeness (QED) is 0.774. The van der Waals surface area contributed by atoms with Crippen LogP contribution in [0.3, 0.4) is 0 Å². The van der Waals surface area contributed by atoms with Crippen molar-refractivity contribution in [3.8, 4) is 0 Å². The lowest BCUT2D eigenvalue weighted by Gasteiger charge is -2.21. The number of aromatic carboxylic acids is 1. The van der Waals surface area contributed by atoms with Crippen LogP contribution in [0.2, 0.25) is 0 Å². The molecule has 0 amide bonds. The van der Waals surface area contributed by atoms with Crippen molar-refractivity contribution in [2.24, 2.45) is 5.92 Å². The summed E-state index contributed by atoms with van der Waals surface area (Å²) in [6, 6.07) is 3.38. The van der Waals surface area contributed by atoms with Crippen molar-refractivity contribution in [2.75, 3.05) is 6.54 Å². The van der Waals surface area contributed by atoms with E-state index in [1.54, 1.807) is 12.1 Å². The SMILES string of the molecule is O=C(O)c1ccc(CNCCC2CCCCC2)nc1. The van der Waals surface area contributed by atoms with Gasteiger partial charge in [-0.2, -0.15) is 0 Å². The van der Waals surface area contributed by atoms with Crippen molar-refractivity contribution < 1.29 is 9.90 Å². The zero-order valence-corrected chi connectivity index (χ0v) is 11.3. The van der Waals surface area contributed by atoms with E-state index in [1.807, 2.05) is 0 Å². The molecule has 2 rings (SSSR count). The smallest absolute Gasteiger partial charge is 0.337 e. The minimum atomic E-state index is -0.927. The first-order valence-corrected chi connectivity index (χ1v) is 7.14. The van der Waals surface area contributed by atoms with Crippen LogP contribution in [0.5, 0.6) is 0 Å². The maximum absolute atomic E-state index is 10.7. The Morgan fingerprint density at radius 3 is 2.74 bits per heavy atom. The number of nitrogens with one attached hydrogen (secondary N) is 1. The molecule has 0 spiro atoms. The standard InChI is InChI=1S/C15H22N2O2/c18-15(19)13-6-7-14(17-10-13)11-16-9-8-12-4-2-1-3-5-12/h6-7,10,12,16H,1-5,8-9,11H2,(H,18,19). The zero-order valence-electron chi connectivity index (χ0n) is 11.3. The summed E-state index contributed by atoms with van der Waals surface area (Å²) < 4.78 is 0. The van der Waals surface area contributed by atoms with Crippen LogP contribution in [0, 0.1) is 5.92 Å². The first-order valence-electron chi connectivity index (χ1n) is 7.14. The molecule has 2 N–H and O–H groups in total. The number of carboxylic acid groups (broad SMARTS) is 1. The van der Waals surface area contributed by atoms with Gasteiger partial charge in [0.15, 0.2) is 0 Å². The molecule has 1 aliphatic carbocycles. The fourth-order valence-corrected chi connectivity index (χ4v) is 2.65. The highest BCUT2D eigenvalue weighted by molar-refractivity contribution is 5.87. The van der Waals surface area contributed by atoms with Crippen LogP contribution >= 0.6 is 0 Å². The Hall–Kier alpha value is -1.42. The van der Waals surface area contributed by atoms with Gasteiger partial charge in [-0.15, -0.1) is 0 Å².